The van der Waals surface area contributed by atoms with Gasteiger partial charge >= 0.3 is 6.03 Å². The number of urea groups is 1. The fourth-order valence-corrected chi connectivity index (χ4v) is 4.78. The summed E-state index contributed by atoms with van der Waals surface area (Å²) in [7, 11) is 0. The third-order valence-corrected chi connectivity index (χ3v) is 6.42. The number of halogens is 1. The zero-order valence-electron chi connectivity index (χ0n) is 15.8. The first-order valence-corrected chi connectivity index (χ1v) is 11.2. The van der Waals surface area contributed by atoms with Gasteiger partial charge < -0.3 is 19.5 Å². The van der Waals surface area contributed by atoms with Gasteiger partial charge in [-0.3, -0.25) is 4.90 Å². The zero-order valence-corrected chi connectivity index (χ0v) is 17.3. The summed E-state index contributed by atoms with van der Waals surface area (Å²) in [4.78, 5) is 19.1. The van der Waals surface area contributed by atoms with Crippen LogP contribution in [0.15, 0.2) is 41.0 Å². The molecule has 3 heterocycles. The maximum Gasteiger partial charge on any atom is 0.321 e. The maximum atomic E-state index is 12.6. The number of carbonyl (C=O) groups is 1. The standard InChI is InChI=1S/C20H25ClN4O2S/c21-18-14-16(3-4-19(18)24-9-12-28-13-10-24)22-20(26)25-7-5-23(6-8-25)15-17-2-1-11-27-17/h1-4,11,14H,5-10,12-13,15H2,(H,22,26). The van der Waals surface area contributed by atoms with Gasteiger partial charge in [-0.05, 0) is 30.3 Å². The summed E-state index contributed by atoms with van der Waals surface area (Å²) in [5, 5.41) is 3.67. The molecule has 4 rings (SSSR count). The first kappa shape index (κ1) is 19.5. The third kappa shape index (κ3) is 4.77. The van der Waals surface area contributed by atoms with Crippen LogP contribution < -0.4 is 10.2 Å². The van der Waals surface area contributed by atoms with E-state index in [0.29, 0.717) is 18.1 Å². The zero-order chi connectivity index (χ0) is 19.3. The number of furan rings is 1. The van der Waals surface area contributed by atoms with Crippen molar-refractivity contribution in [1.29, 1.82) is 0 Å². The van der Waals surface area contributed by atoms with Crippen molar-refractivity contribution in [2.24, 2.45) is 0 Å². The molecule has 28 heavy (non-hydrogen) atoms. The Morgan fingerprint density at radius 1 is 1.11 bits per heavy atom. The topological polar surface area (TPSA) is 52.0 Å². The average molecular weight is 421 g/mol. The van der Waals surface area contributed by atoms with Gasteiger partial charge in [-0.2, -0.15) is 11.8 Å². The van der Waals surface area contributed by atoms with Gasteiger partial charge in [-0.25, -0.2) is 4.79 Å². The quantitative estimate of drug-likeness (QED) is 0.814. The van der Waals surface area contributed by atoms with E-state index in [1.165, 1.54) is 0 Å². The Bertz CT molecular complexity index is 788. The van der Waals surface area contributed by atoms with E-state index in [-0.39, 0.29) is 6.03 Å². The van der Waals surface area contributed by atoms with Gasteiger partial charge in [0.2, 0.25) is 0 Å². The molecule has 8 heteroatoms. The van der Waals surface area contributed by atoms with Crippen LogP contribution in [0.1, 0.15) is 5.76 Å². The van der Waals surface area contributed by atoms with Crippen LogP contribution in [-0.2, 0) is 6.54 Å². The van der Waals surface area contributed by atoms with Crippen molar-refractivity contribution in [3.8, 4) is 0 Å². The van der Waals surface area contributed by atoms with E-state index in [0.717, 1.165) is 61.4 Å². The summed E-state index contributed by atoms with van der Waals surface area (Å²) in [6, 6.07) is 9.61. The van der Waals surface area contributed by atoms with Gasteiger partial charge in [-0.1, -0.05) is 11.6 Å². The first-order chi connectivity index (χ1) is 13.7. The summed E-state index contributed by atoms with van der Waals surface area (Å²) in [6.45, 7) is 5.88. The number of thioether (sulfide) groups is 1. The van der Waals surface area contributed by atoms with E-state index in [2.05, 4.69) is 15.1 Å². The van der Waals surface area contributed by atoms with Gasteiger partial charge in [0, 0.05) is 56.5 Å². The van der Waals surface area contributed by atoms with Crippen molar-refractivity contribution in [1.82, 2.24) is 9.80 Å². The molecule has 2 aromatic rings. The Labute approximate surface area is 174 Å². The van der Waals surface area contributed by atoms with E-state index in [9.17, 15) is 4.79 Å². The highest BCUT2D eigenvalue weighted by Crippen LogP contribution is 2.30. The average Bonchev–Trinajstić information content (AvgIpc) is 3.22. The van der Waals surface area contributed by atoms with Gasteiger partial charge in [0.1, 0.15) is 5.76 Å². The van der Waals surface area contributed by atoms with Gasteiger partial charge in [0.25, 0.3) is 0 Å². The Hall–Kier alpha value is -1.83. The van der Waals surface area contributed by atoms with Crippen LogP contribution in [0.2, 0.25) is 5.02 Å². The molecule has 1 aromatic carbocycles. The normalized spacial score (nSPS) is 18.3. The minimum Gasteiger partial charge on any atom is -0.468 e. The lowest BCUT2D eigenvalue weighted by atomic mass is 10.2. The van der Waals surface area contributed by atoms with Crippen molar-refractivity contribution in [3.05, 3.63) is 47.4 Å². The van der Waals surface area contributed by atoms with Crippen LogP contribution >= 0.6 is 23.4 Å². The predicted octanol–water partition coefficient (Wildman–Crippen LogP) is 3.84. The highest BCUT2D eigenvalue weighted by Gasteiger charge is 2.22. The van der Waals surface area contributed by atoms with Gasteiger partial charge in [-0.15, -0.1) is 0 Å². The number of amides is 2. The highest BCUT2D eigenvalue weighted by atomic mass is 35.5. The molecule has 0 saturated carbocycles. The third-order valence-electron chi connectivity index (χ3n) is 5.17. The van der Waals surface area contributed by atoms with E-state index < -0.39 is 0 Å². The second-order valence-electron chi connectivity index (χ2n) is 7.04. The fraction of sp³-hybridized carbons (Fsp3) is 0.450. The molecule has 2 fully saturated rings. The molecule has 1 N–H and O–H groups in total. The van der Waals surface area contributed by atoms with E-state index >= 15 is 0 Å². The van der Waals surface area contributed by atoms with Crippen molar-refractivity contribution >= 4 is 40.8 Å². The Kier molecular flexibility index (Phi) is 6.34. The minimum absolute atomic E-state index is 0.0733. The van der Waals surface area contributed by atoms with Crippen LogP contribution in [0.4, 0.5) is 16.2 Å². The lowest BCUT2D eigenvalue weighted by Gasteiger charge is -2.34. The molecule has 6 nitrogen and oxygen atoms in total. The first-order valence-electron chi connectivity index (χ1n) is 9.62. The second kappa shape index (κ2) is 9.11. The lowest BCUT2D eigenvalue weighted by Crippen LogP contribution is -2.49. The molecule has 2 amide bonds. The van der Waals surface area contributed by atoms with Crippen molar-refractivity contribution in [2.75, 3.05) is 61.0 Å². The number of carbonyl (C=O) groups excluding carboxylic acids is 1. The van der Waals surface area contributed by atoms with Crippen LogP contribution in [0.3, 0.4) is 0 Å². The summed E-state index contributed by atoms with van der Waals surface area (Å²) < 4.78 is 5.40. The summed E-state index contributed by atoms with van der Waals surface area (Å²) in [5.74, 6) is 3.21. The monoisotopic (exact) mass is 420 g/mol. The number of hydrogen-bond acceptors (Lipinski definition) is 5. The SMILES string of the molecule is O=C(Nc1ccc(N2CCSCC2)c(Cl)c1)N1CCN(Cc2ccco2)CC1. The van der Waals surface area contributed by atoms with Crippen LogP contribution in [-0.4, -0.2) is 66.6 Å². The number of nitrogens with one attached hydrogen (secondary N) is 1. The summed E-state index contributed by atoms with van der Waals surface area (Å²) >= 11 is 8.46. The molecule has 2 aliphatic rings. The van der Waals surface area contributed by atoms with E-state index in [4.69, 9.17) is 16.0 Å². The molecule has 0 spiro atoms. The molecular formula is C20H25ClN4O2S. The second-order valence-corrected chi connectivity index (χ2v) is 8.67. The van der Waals surface area contributed by atoms with Crippen LogP contribution in [0.25, 0.3) is 0 Å². The lowest BCUT2D eigenvalue weighted by molar-refractivity contribution is 0.137. The van der Waals surface area contributed by atoms with Crippen molar-refractivity contribution < 1.29 is 9.21 Å². The van der Waals surface area contributed by atoms with E-state index in [1.807, 2.05) is 47.0 Å². The molecule has 2 saturated heterocycles. The molecule has 1 aromatic heterocycles. The molecule has 0 unspecified atom stereocenters. The number of nitrogens with zero attached hydrogens (tertiary/aromatic N) is 3. The molecule has 0 aliphatic carbocycles. The Morgan fingerprint density at radius 2 is 1.89 bits per heavy atom. The Morgan fingerprint density at radius 3 is 2.57 bits per heavy atom. The van der Waals surface area contributed by atoms with Crippen molar-refractivity contribution in [2.45, 2.75) is 6.54 Å². The predicted molar refractivity (Wildman–Crippen MR) is 116 cm³/mol. The van der Waals surface area contributed by atoms with Crippen molar-refractivity contribution in [3.63, 3.8) is 0 Å². The smallest absolute Gasteiger partial charge is 0.321 e. The fourth-order valence-electron chi connectivity index (χ4n) is 3.58. The number of benzene rings is 1. The largest absolute Gasteiger partial charge is 0.468 e. The maximum absolute atomic E-state index is 12.6. The van der Waals surface area contributed by atoms with Gasteiger partial charge in [0.15, 0.2) is 0 Å². The highest BCUT2D eigenvalue weighted by molar-refractivity contribution is 7.99. The number of hydrogen-bond donors (Lipinski definition) is 1. The molecular weight excluding hydrogens is 396 g/mol. The Balaban J connectivity index is 1.29. The summed E-state index contributed by atoms with van der Waals surface area (Å²) in [5.41, 5.74) is 1.79. The summed E-state index contributed by atoms with van der Waals surface area (Å²) in [6.07, 6.45) is 1.69. The number of rotatable bonds is 4. The minimum atomic E-state index is -0.0733. The molecule has 150 valence electrons. The van der Waals surface area contributed by atoms with Crippen LogP contribution in [0, 0.1) is 0 Å². The molecule has 0 bridgehead atoms. The van der Waals surface area contributed by atoms with Crippen LogP contribution in [0.5, 0.6) is 0 Å². The van der Waals surface area contributed by atoms with Gasteiger partial charge in [0.05, 0.1) is 23.5 Å². The molecule has 0 atom stereocenters. The number of anilines is 2. The van der Waals surface area contributed by atoms with E-state index in [1.54, 1.807) is 6.26 Å². The molecule has 0 radical (unpaired) electrons. The molecule has 2 aliphatic heterocycles. The number of piperazine rings is 1.